The van der Waals surface area contributed by atoms with Gasteiger partial charge in [0, 0.05) is 13.7 Å². The number of ether oxygens (including phenoxy) is 2. The van der Waals surface area contributed by atoms with Crippen molar-refractivity contribution < 1.29 is 18.7 Å². The van der Waals surface area contributed by atoms with E-state index in [4.69, 9.17) is 13.9 Å². The van der Waals surface area contributed by atoms with Crippen molar-refractivity contribution in [2.75, 3.05) is 20.8 Å². The Labute approximate surface area is 117 Å². The third-order valence-electron chi connectivity index (χ3n) is 2.98. The molecule has 2 rings (SSSR count). The molecule has 1 aromatic heterocycles. The number of methoxy groups -OCH3 is 2. The first-order valence-electron chi connectivity index (χ1n) is 6.21. The Balaban J connectivity index is 2.00. The number of rotatable bonds is 6. The van der Waals surface area contributed by atoms with Gasteiger partial charge in [-0.05, 0) is 23.8 Å². The quantitative estimate of drug-likeness (QED) is 0.879. The summed E-state index contributed by atoms with van der Waals surface area (Å²) in [5.74, 6) is 0.564. The number of carbonyl (C=O) groups excluding carboxylic acids is 1. The molecule has 0 bridgehead atoms. The molecule has 1 heterocycles. The molecule has 0 fully saturated rings. The Morgan fingerprint density at radius 1 is 1.35 bits per heavy atom. The number of furan rings is 1. The molecule has 1 aromatic carbocycles. The van der Waals surface area contributed by atoms with E-state index in [0.29, 0.717) is 12.1 Å². The second-order valence-electron chi connectivity index (χ2n) is 4.22. The number of carbonyl (C=O) groups is 1. The fourth-order valence-electron chi connectivity index (χ4n) is 1.86. The SMILES string of the molecule is COc1cccc([C@H](CNC(=O)c2ccoc2)OC)c1. The summed E-state index contributed by atoms with van der Waals surface area (Å²) in [4.78, 5) is 11.8. The lowest BCUT2D eigenvalue weighted by molar-refractivity contribution is 0.0827. The molecule has 0 aliphatic rings. The molecular weight excluding hydrogens is 258 g/mol. The largest absolute Gasteiger partial charge is 0.497 e. The van der Waals surface area contributed by atoms with Crippen LogP contribution >= 0.6 is 0 Å². The Kier molecular flexibility index (Phi) is 4.79. The topological polar surface area (TPSA) is 60.7 Å². The lowest BCUT2D eigenvalue weighted by atomic mass is 10.1. The molecule has 0 aliphatic carbocycles. The molecule has 1 N–H and O–H groups in total. The molecule has 5 heteroatoms. The van der Waals surface area contributed by atoms with Crippen LogP contribution in [0.2, 0.25) is 0 Å². The highest BCUT2D eigenvalue weighted by Crippen LogP contribution is 2.21. The zero-order chi connectivity index (χ0) is 14.4. The summed E-state index contributed by atoms with van der Waals surface area (Å²) in [6.07, 6.45) is 2.63. The molecule has 20 heavy (non-hydrogen) atoms. The first kappa shape index (κ1) is 14.1. The summed E-state index contributed by atoms with van der Waals surface area (Å²) in [5.41, 5.74) is 1.44. The molecule has 1 atom stereocenters. The predicted octanol–water partition coefficient (Wildman–Crippen LogP) is 2.41. The zero-order valence-corrected chi connectivity index (χ0v) is 11.5. The van der Waals surface area contributed by atoms with E-state index >= 15 is 0 Å². The Morgan fingerprint density at radius 2 is 2.20 bits per heavy atom. The molecule has 0 saturated heterocycles. The van der Waals surface area contributed by atoms with Crippen molar-refractivity contribution in [2.45, 2.75) is 6.10 Å². The van der Waals surface area contributed by atoms with Crippen molar-refractivity contribution in [1.29, 1.82) is 0 Å². The predicted molar refractivity (Wildman–Crippen MR) is 73.8 cm³/mol. The summed E-state index contributed by atoms with van der Waals surface area (Å²) in [7, 11) is 3.22. The van der Waals surface area contributed by atoms with Crippen LogP contribution in [0.15, 0.2) is 47.3 Å². The van der Waals surface area contributed by atoms with E-state index in [2.05, 4.69) is 5.32 Å². The fourth-order valence-corrected chi connectivity index (χ4v) is 1.86. The van der Waals surface area contributed by atoms with Gasteiger partial charge in [-0.1, -0.05) is 12.1 Å². The third kappa shape index (κ3) is 3.39. The monoisotopic (exact) mass is 275 g/mol. The van der Waals surface area contributed by atoms with Gasteiger partial charge in [-0.15, -0.1) is 0 Å². The summed E-state index contributed by atoms with van der Waals surface area (Å²) < 4.78 is 15.5. The van der Waals surface area contributed by atoms with Crippen LogP contribution in [-0.2, 0) is 4.74 Å². The number of hydrogen-bond acceptors (Lipinski definition) is 4. The van der Waals surface area contributed by atoms with Gasteiger partial charge in [0.2, 0.25) is 0 Å². The minimum atomic E-state index is -0.235. The van der Waals surface area contributed by atoms with E-state index in [9.17, 15) is 4.79 Å². The number of benzene rings is 1. The van der Waals surface area contributed by atoms with Gasteiger partial charge in [0.25, 0.3) is 5.91 Å². The zero-order valence-electron chi connectivity index (χ0n) is 11.5. The van der Waals surface area contributed by atoms with Crippen LogP contribution in [0.3, 0.4) is 0 Å². The van der Waals surface area contributed by atoms with Gasteiger partial charge in [-0.3, -0.25) is 4.79 Å². The van der Waals surface area contributed by atoms with E-state index in [-0.39, 0.29) is 12.0 Å². The molecule has 106 valence electrons. The number of nitrogens with one attached hydrogen (secondary N) is 1. The van der Waals surface area contributed by atoms with E-state index in [0.717, 1.165) is 11.3 Å². The minimum absolute atomic E-state index is 0.191. The summed E-state index contributed by atoms with van der Waals surface area (Å²) in [6.45, 7) is 0.369. The molecular formula is C15H17NO4. The summed E-state index contributed by atoms with van der Waals surface area (Å²) in [6, 6.07) is 9.18. The normalized spacial score (nSPS) is 11.9. The first-order chi connectivity index (χ1) is 9.74. The smallest absolute Gasteiger partial charge is 0.254 e. The molecule has 5 nitrogen and oxygen atoms in total. The maximum Gasteiger partial charge on any atom is 0.254 e. The maximum absolute atomic E-state index is 11.8. The summed E-state index contributed by atoms with van der Waals surface area (Å²) >= 11 is 0. The number of hydrogen-bond donors (Lipinski definition) is 1. The van der Waals surface area contributed by atoms with Gasteiger partial charge in [0.15, 0.2) is 0 Å². The first-order valence-corrected chi connectivity index (χ1v) is 6.21. The van der Waals surface area contributed by atoms with Crippen molar-refractivity contribution in [3.63, 3.8) is 0 Å². The third-order valence-corrected chi connectivity index (χ3v) is 2.98. The van der Waals surface area contributed by atoms with Gasteiger partial charge in [-0.25, -0.2) is 0 Å². The van der Waals surface area contributed by atoms with Crippen molar-refractivity contribution >= 4 is 5.91 Å². The summed E-state index contributed by atoms with van der Waals surface area (Å²) in [5, 5.41) is 2.81. The van der Waals surface area contributed by atoms with Gasteiger partial charge in [-0.2, -0.15) is 0 Å². The molecule has 0 spiro atoms. The van der Waals surface area contributed by atoms with Crippen molar-refractivity contribution in [1.82, 2.24) is 5.32 Å². The Morgan fingerprint density at radius 3 is 2.85 bits per heavy atom. The van der Waals surface area contributed by atoms with Crippen molar-refractivity contribution in [3.05, 3.63) is 54.0 Å². The average Bonchev–Trinajstić information content (AvgIpc) is 3.02. The van der Waals surface area contributed by atoms with Crippen LogP contribution in [0.25, 0.3) is 0 Å². The van der Waals surface area contributed by atoms with Gasteiger partial charge < -0.3 is 19.2 Å². The van der Waals surface area contributed by atoms with Crippen molar-refractivity contribution in [2.24, 2.45) is 0 Å². The molecule has 0 unspecified atom stereocenters. The van der Waals surface area contributed by atoms with Gasteiger partial charge in [0.1, 0.15) is 12.0 Å². The Bertz CT molecular complexity index is 551. The highest BCUT2D eigenvalue weighted by molar-refractivity contribution is 5.93. The van der Waals surface area contributed by atoms with Crippen LogP contribution in [0, 0.1) is 0 Å². The average molecular weight is 275 g/mol. The van der Waals surface area contributed by atoms with Crippen LogP contribution in [-0.4, -0.2) is 26.7 Å². The van der Waals surface area contributed by atoms with Crippen LogP contribution in [0.5, 0.6) is 5.75 Å². The second-order valence-corrected chi connectivity index (χ2v) is 4.22. The molecule has 1 amide bonds. The maximum atomic E-state index is 11.8. The van der Waals surface area contributed by atoms with E-state index in [1.807, 2.05) is 24.3 Å². The highest BCUT2D eigenvalue weighted by atomic mass is 16.5. The van der Waals surface area contributed by atoms with Gasteiger partial charge >= 0.3 is 0 Å². The molecule has 0 radical (unpaired) electrons. The molecule has 2 aromatic rings. The van der Waals surface area contributed by atoms with Crippen LogP contribution in [0.4, 0.5) is 0 Å². The Hall–Kier alpha value is -2.27. The minimum Gasteiger partial charge on any atom is -0.497 e. The number of amides is 1. The molecule has 0 saturated carbocycles. The standard InChI is InChI=1S/C15H17NO4/c1-18-13-5-3-4-11(8-13)14(19-2)9-16-15(17)12-6-7-20-10-12/h3-8,10,14H,9H2,1-2H3,(H,16,17)/t14-/m0/s1. The fraction of sp³-hybridized carbons (Fsp3) is 0.267. The lowest BCUT2D eigenvalue weighted by Gasteiger charge is -2.17. The second kappa shape index (κ2) is 6.77. The van der Waals surface area contributed by atoms with E-state index < -0.39 is 0 Å². The highest BCUT2D eigenvalue weighted by Gasteiger charge is 2.14. The van der Waals surface area contributed by atoms with Crippen LogP contribution in [0.1, 0.15) is 22.0 Å². The molecule has 0 aliphatic heterocycles. The van der Waals surface area contributed by atoms with E-state index in [1.54, 1.807) is 20.3 Å². The van der Waals surface area contributed by atoms with Crippen LogP contribution < -0.4 is 10.1 Å². The van der Waals surface area contributed by atoms with E-state index in [1.165, 1.54) is 12.5 Å². The van der Waals surface area contributed by atoms with Gasteiger partial charge in [0.05, 0.1) is 25.0 Å². The van der Waals surface area contributed by atoms with Crippen molar-refractivity contribution in [3.8, 4) is 5.75 Å². The lowest BCUT2D eigenvalue weighted by Crippen LogP contribution is -2.28.